The molecule has 2 aromatic heterocycles. The minimum Gasteiger partial charge on any atom is -0.343 e. The zero-order valence-corrected chi connectivity index (χ0v) is 9.37. The van der Waals surface area contributed by atoms with Crippen LogP contribution < -0.4 is 0 Å². The van der Waals surface area contributed by atoms with Crippen LogP contribution in [0.25, 0.3) is 22.2 Å². The third kappa shape index (κ3) is 1.60. The average molecular weight is 226 g/mol. The zero-order valence-electron chi connectivity index (χ0n) is 9.37. The summed E-state index contributed by atoms with van der Waals surface area (Å²) in [4.78, 5) is 7.51. The summed E-state index contributed by atoms with van der Waals surface area (Å²) >= 11 is 0. The molecule has 0 aliphatic rings. The van der Waals surface area contributed by atoms with Crippen molar-refractivity contribution in [2.75, 3.05) is 0 Å². The normalized spacial score (nSPS) is 10.9. The highest BCUT2D eigenvalue weighted by Gasteiger charge is 2.10. The number of aryl methyl sites for hydroxylation is 1. The molecule has 1 aromatic carbocycles. The fraction of sp³-hybridized carbons (Fsp3) is 0.0714. The molecule has 0 unspecified atom stereocenters. The second kappa shape index (κ2) is 3.70. The number of H-pyrrole nitrogens is 1. The van der Waals surface area contributed by atoms with Gasteiger partial charge >= 0.3 is 0 Å². The first-order chi connectivity index (χ1) is 8.25. The van der Waals surface area contributed by atoms with Crippen LogP contribution in [0.4, 0.5) is 4.39 Å². The van der Waals surface area contributed by atoms with Gasteiger partial charge in [-0.2, -0.15) is 0 Å². The van der Waals surface area contributed by atoms with E-state index in [4.69, 9.17) is 0 Å². The number of halogens is 1. The van der Waals surface area contributed by atoms with Crippen molar-refractivity contribution in [3.8, 4) is 11.1 Å². The van der Waals surface area contributed by atoms with Crippen molar-refractivity contribution in [1.82, 2.24) is 9.97 Å². The molecule has 1 N–H and O–H groups in total. The fourth-order valence-corrected chi connectivity index (χ4v) is 2.14. The van der Waals surface area contributed by atoms with Gasteiger partial charge in [0.05, 0.1) is 0 Å². The summed E-state index contributed by atoms with van der Waals surface area (Å²) in [5, 5.41) is 1.07. The van der Waals surface area contributed by atoms with Gasteiger partial charge in [-0.15, -0.1) is 0 Å². The predicted octanol–water partition coefficient (Wildman–Crippen LogP) is 3.68. The molecule has 17 heavy (non-hydrogen) atoms. The number of aromatic nitrogens is 2. The minimum atomic E-state index is -0.218. The maximum absolute atomic E-state index is 12.9. The van der Waals surface area contributed by atoms with E-state index in [0.29, 0.717) is 0 Å². The van der Waals surface area contributed by atoms with Crippen molar-refractivity contribution in [2.24, 2.45) is 0 Å². The molecule has 0 atom stereocenters. The topological polar surface area (TPSA) is 28.7 Å². The van der Waals surface area contributed by atoms with Gasteiger partial charge in [0.25, 0.3) is 0 Å². The first-order valence-corrected chi connectivity index (χ1v) is 5.45. The van der Waals surface area contributed by atoms with E-state index >= 15 is 0 Å². The van der Waals surface area contributed by atoms with Crippen LogP contribution in [-0.2, 0) is 0 Å². The lowest BCUT2D eigenvalue weighted by molar-refractivity contribution is 0.628. The van der Waals surface area contributed by atoms with E-state index in [9.17, 15) is 4.39 Å². The second-order valence-corrected chi connectivity index (χ2v) is 4.03. The molecular formula is C14H11FN2. The van der Waals surface area contributed by atoms with Crippen LogP contribution >= 0.6 is 0 Å². The van der Waals surface area contributed by atoms with Crippen LogP contribution in [0.2, 0.25) is 0 Å². The highest BCUT2D eigenvalue weighted by molar-refractivity contribution is 5.95. The number of rotatable bonds is 1. The number of nitrogens with zero attached hydrogens (tertiary/aromatic N) is 1. The van der Waals surface area contributed by atoms with Gasteiger partial charge in [0.1, 0.15) is 11.5 Å². The lowest BCUT2D eigenvalue weighted by Gasteiger charge is -2.01. The molecule has 3 heteroatoms. The molecule has 0 spiro atoms. The predicted molar refractivity (Wildman–Crippen MR) is 66.2 cm³/mol. The van der Waals surface area contributed by atoms with E-state index in [1.54, 1.807) is 18.3 Å². The van der Waals surface area contributed by atoms with E-state index in [-0.39, 0.29) is 5.82 Å². The van der Waals surface area contributed by atoms with Gasteiger partial charge < -0.3 is 4.98 Å². The van der Waals surface area contributed by atoms with Gasteiger partial charge in [-0.1, -0.05) is 12.1 Å². The van der Waals surface area contributed by atoms with Crippen LogP contribution in [0.15, 0.2) is 42.6 Å². The molecule has 0 aliphatic carbocycles. The third-order valence-electron chi connectivity index (χ3n) is 2.89. The third-order valence-corrected chi connectivity index (χ3v) is 2.89. The van der Waals surface area contributed by atoms with Crippen LogP contribution in [0, 0.1) is 12.7 Å². The van der Waals surface area contributed by atoms with Gasteiger partial charge in [-0.25, -0.2) is 9.37 Å². The number of fused-ring (bicyclic) bond motifs is 1. The molecule has 0 saturated carbocycles. The summed E-state index contributed by atoms with van der Waals surface area (Å²) in [6, 6.07) is 10.5. The smallest absolute Gasteiger partial charge is 0.138 e. The van der Waals surface area contributed by atoms with E-state index < -0.39 is 0 Å². The Balaban J connectivity index is 2.29. The maximum Gasteiger partial charge on any atom is 0.138 e. The van der Waals surface area contributed by atoms with Crippen molar-refractivity contribution in [1.29, 1.82) is 0 Å². The standard InChI is InChI=1S/C14H11FN2/c1-9-13(10-4-6-11(15)7-5-10)12-3-2-8-16-14(12)17-9/h2-8H,1H3,(H,16,17). The molecule has 2 heterocycles. The average Bonchev–Trinajstić information content (AvgIpc) is 2.66. The molecule has 0 fully saturated rings. The van der Waals surface area contributed by atoms with E-state index in [1.165, 1.54) is 12.1 Å². The quantitative estimate of drug-likeness (QED) is 0.673. The Kier molecular flexibility index (Phi) is 2.18. The SMILES string of the molecule is Cc1[nH]c2ncccc2c1-c1ccc(F)cc1. The monoisotopic (exact) mass is 226 g/mol. The molecule has 0 radical (unpaired) electrons. The molecule has 84 valence electrons. The number of pyridine rings is 1. The Morgan fingerprint density at radius 3 is 2.65 bits per heavy atom. The van der Waals surface area contributed by atoms with Crippen molar-refractivity contribution in [3.05, 3.63) is 54.1 Å². The second-order valence-electron chi connectivity index (χ2n) is 4.03. The van der Waals surface area contributed by atoms with Crippen molar-refractivity contribution < 1.29 is 4.39 Å². The van der Waals surface area contributed by atoms with Gasteiger partial charge in [-0.05, 0) is 36.8 Å². The highest BCUT2D eigenvalue weighted by Crippen LogP contribution is 2.30. The van der Waals surface area contributed by atoms with Gasteiger partial charge in [0.15, 0.2) is 0 Å². The Morgan fingerprint density at radius 2 is 1.88 bits per heavy atom. The number of nitrogens with one attached hydrogen (secondary N) is 1. The highest BCUT2D eigenvalue weighted by atomic mass is 19.1. The minimum absolute atomic E-state index is 0.218. The molecule has 2 nitrogen and oxygen atoms in total. The van der Waals surface area contributed by atoms with Gasteiger partial charge in [0.2, 0.25) is 0 Å². The van der Waals surface area contributed by atoms with Crippen molar-refractivity contribution >= 4 is 11.0 Å². The van der Waals surface area contributed by atoms with Crippen molar-refractivity contribution in [2.45, 2.75) is 6.92 Å². The molecule has 0 bridgehead atoms. The lowest BCUT2D eigenvalue weighted by atomic mass is 10.0. The Bertz CT molecular complexity index is 668. The van der Waals surface area contributed by atoms with Crippen LogP contribution in [0.3, 0.4) is 0 Å². The number of hydrogen-bond acceptors (Lipinski definition) is 1. The molecule has 3 rings (SSSR count). The van der Waals surface area contributed by atoms with E-state index in [0.717, 1.165) is 27.9 Å². The molecule has 0 aliphatic heterocycles. The summed E-state index contributed by atoms with van der Waals surface area (Å²) in [7, 11) is 0. The first kappa shape index (κ1) is 10.0. The number of aromatic amines is 1. The first-order valence-electron chi connectivity index (χ1n) is 5.45. The molecule has 3 aromatic rings. The van der Waals surface area contributed by atoms with Gasteiger partial charge in [0, 0.05) is 22.8 Å². The maximum atomic E-state index is 12.9. The number of benzene rings is 1. The molecule has 0 saturated heterocycles. The van der Waals surface area contributed by atoms with Gasteiger partial charge in [-0.3, -0.25) is 0 Å². The Labute approximate surface area is 98.1 Å². The Morgan fingerprint density at radius 1 is 1.12 bits per heavy atom. The van der Waals surface area contributed by atoms with E-state index in [2.05, 4.69) is 9.97 Å². The van der Waals surface area contributed by atoms with E-state index in [1.807, 2.05) is 19.1 Å². The summed E-state index contributed by atoms with van der Waals surface area (Å²) in [5.41, 5.74) is 4.01. The molecule has 0 amide bonds. The van der Waals surface area contributed by atoms with Crippen LogP contribution in [-0.4, -0.2) is 9.97 Å². The lowest BCUT2D eigenvalue weighted by Crippen LogP contribution is -1.80. The zero-order chi connectivity index (χ0) is 11.8. The summed E-state index contributed by atoms with van der Waals surface area (Å²) < 4.78 is 12.9. The van der Waals surface area contributed by atoms with Crippen LogP contribution in [0.1, 0.15) is 5.69 Å². The van der Waals surface area contributed by atoms with Crippen molar-refractivity contribution in [3.63, 3.8) is 0 Å². The summed E-state index contributed by atoms with van der Waals surface area (Å²) in [6.07, 6.45) is 1.76. The summed E-state index contributed by atoms with van der Waals surface area (Å²) in [6.45, 7) is 2.00. The molecular weight excluding hydrogens is 215 g/mol. The largest absolute Gasteiger partial charge is 0.343 e. The fourth-order valence-electron chi connectivity index (χ4n) is 2.14. The number of hydrogen-bond donors (Lipinski definition) is 1. The van der Waals surface area contributed by atoms with Crippen LogP contribution in [0.5, 0.6) is 0 Å². The summed E-state index contributed by atoms with van der Waals surface area (Å²) in [5.74, 6) is -0.218. The Hall–Kier alpha value is -2.16.